The van der Waals surface area contributed by atoms with Crippen molar-refractivity contribution in [2.24, 2.45) is 0 Å². The molecule has 0 aliphatic rings. The molecule has 3 rings (SSSR count). The van der Waals surface area contributed by atoms with Gasteiger partial charge in [0.2, 0.25) is 5.91 Å². The van der Waals surface area contributed by atoms with Gasteiger partial charge in [0.15, 0.2) is 0 Å². The van der Waals surface area contributed by atoms with Crippen molar-refractivity contribution >= 4 is 11.6 Å². The smallest absolute Gasteiger partial charge is 0.246 e. The van der Waals surface area contributed by atoms with Gasteiger partial charge >= 0.3 is 0 Å². The van der Waals surface area contributed by atoms with Crippen LogP contribution in [0.4, 0.5) is 10.1 Å². The van der Waals surface area contributed by atoms with Crippen LogP contribution in [-0.4, -0.2) is 20.3 Å². The third-order valence-electron chi connectivity index (χ3n) is 3.91. The van der Waals surface area contributed by atoms with E-state index in [0.717, 1.165) is 17.1 Å². The number of aryl methyl sites for hydroxylation is 3. The second-order valence-electron chi connectivity index (χ2n) is 5.86. The largest absolute Gasteiger partial charge is 0.324 e. The number of amides is 1. The topological polar surface area (TPSA) is 51.9 Å². The third kappa shape index (κ3) is 3.22. The minimum Gasteiger partial charge on any atom is -0.324 e. The lowest BCUT2D eigenvalue weighted by atomic mass is 10.2. The van der Waals surface area contributed by atoms with E-state index in [-0.39, 0.29) is 18.3 Å². The summed E-state index contributed by atoms with van der Waals surface area (Å²) in [6.07, 6.45) is 3.54. The molecule has 0 atom stereocenters. The Balaban J connectivity index is 1.70. The first-order valence-corrected chi connectivity index (χ1v) is 7.68. The van der Waals surface area contributed by atoms with Gasteiger partial charge in [-0.05, 0) is 50.6 Å². The van der Waals surface area contributed by atoms with E-state index in [4.69, 9.17) is 0 Å². The third-order valence-corrected chi connectivity index (χ3v) is 3.91. The summed E-state index contributed by atoms with van der Waals surface area (Å²) in [5.41, 5.74) is 4.09. The molecule has 0 bridgehead atoms. The summed E-state index contributed by atoms with van der Waals surface area (Å²) >= 11 is 0. The summed E-state index contributed by atoms with van der Waals surface area (Å²) in [6.45, 7) is 5.78. The average molecular weight is 326 g/mol. The van der Waals surface area contributed by atoms with Gasteiger partial charge in [-0.1, -0.05) is 6.07 Å². The van der Waals surface area contributed by atoms with E-state index in [9.17, 15) is 9.18 Å². The molecule has 2 aromatic heterocycles. The average Bonchev–Trinajstić information content (AvgIpc) is 3.09. The number of halogens is 1. The highest BCUT2D eigenvalue weighted by atomic mass is 19.1. The first kappa shape index (κ1) is 16.0. The van der Waals surface area contributed by atoms with Crippen LogP contribution in [0.25, 0.3) is 5.69 Å². The van der Waals surface area contributed by atoms with Gasteiger partial charge in [-0.25, -0.2) is 4.39 Å². The highest BCUT2D eigenvalue weighted by Crippen LogP contribution is 2.16. The Kier molecular flexibility index (Phi) is 4.20. The van der Waals surface area contributed by atoms with Crippen LogP contribution in [0.15, 0.2) is 42.7 Å². The van der Waals surface area contributed by atoms with Crippen molar-refractivity contribution in [2.45, 2.75) is 27.3 Å². The molecule has 3 aromatic rings. The summed E-state index contributed by atoms with van der Waals surface area (Å²) in [7, 11) is 0. The molecular formula is C18H19FN4O. The van der Waals surface area contributed by atoms with E-state index in [1.54, 1.807) is 29.9 Å². The van der Waals surface area contributed by atoms with Crippen LogP contribution >= 0.6 is 0 Å². The predicted octanol–water partition coefficient (Wildman–Crippen LogP) is 3.38. The number of aromatic nitrogens is 3. The van der Waals surface area contributed by atoms with Gasteiger partial charge in [0.25, 0.3) is 0 Å². The van der Waals surface area contributed by atoms with Crippen molar-refractivity contribution in [3.05, 3.63) is 65.5 Å². The van der Waals surface area contributed by atoms with Crippen molar-refractivity contribution in [1.82, 2.24) is 14.3 Å². The Labute approximate surface area is 139 Å². The SMILES string of the molecule is Cc1ccc(NC(=O)Cn2cc(-n3c(C)ccc3C)cn2)cc1F. The Morgan fingerprint density at radius 3 is 2.54 bits per heavy atom. The van der Waals surface area contributed by atoms with Gasteiger partial charge < -0.3 is 9.88 Å². The molecule has 5 nitrogen and oxygen atoms in total. The molecule has 0 fully saturated rings. The number of anilines is 1. The van der Waals surface area contributed by atoms with Gasteiger partial charge in [0.05, 0.1) is 11.9 Å². The summed E-state index contributed by atoms with van der Waals surface area (Å²) in [6, 6.07) is 8.69. The molecule has 0 saturated heterocycles. The van der Waals surface area contributed by atoms with Crippen molar-refractivity contribution in [3.8, 4) is 5.69 Å². The zero-order valence-corrected chi connectivity index (χ0v) is 13.9. The maximum absolute atomic E-state index is 13.5. The van der Waals surface area contributed by atoms with Crippen molar-refractivity contribution in [2.75, 3.05) is 5.32 Å². The summed E-state index contributed by atoms with van der Waals surface area (Å²) < 4.78 is 17.2. The molecule has 0 spiro atoms. The lowest BCUT2D eigenvalue weighted by molar-refractivity contribution is -0.116. The number of rotatable bonds is 4. The molecule has 6 heteroatoms. The number of benzene rings is 1. The van der Waals surface area contributed by atoms with Gasteiger partial charge in [-0.15, -0.1) is 0 Å². The number of nitrogens with zero attached hydrogens (tertiary/aromatic N) is 3. The fourth-order valence-corrected chi connectivity index (χ4v) is 2.65. The fraction of sp³-hybridized carbons (Fsp3) is 0.222. The number of carbonyl (C=O) groups excluding carboxylic acids is 1. The second-order valence-corrected chi connectivity index (χ2v) is 5.86. The molecule has 0 saturated carbocycles. The normalized spacial score (nSPS) is 10.8. The Morgan fingerprint density at radius 2 is 1.88 bits per heavy atom. The summed E-state index contributed by atoms with van der Waals surface area (Å²) in [4.78, 5) is 12.1. The van der Waals surface area contributed by atoms with Crippen molar-refractivity contribution in [3.63, 3.8) is 0 Å². The summed E-state index contributed by atoms with van der Waals surface area (Å²) in [5, 5.41) is 6.91. The van der Waals surface area contributed by atoms with E-state index < -0.39 is 0 Å². The zero-order valence-electron chi connectivity index (χ0n) is 13.9. The van der Waals surface area contributed by atoms with Gasteiger partial charge in [0, 0.05) is 23.3 Å². The quantitative estimate of drug-likeness (QED) is 0.799. The number of hydrogen-bond donors (Lipinski definition) is 1. The van der Waals surface area contributed by atoms with Gasteiger partial charge in [-0.2, -0.15) is 5.10 Å². The maximum Gasteiger partial charge on any atom is 0.246 e. The molecule has 24 heavy (non-hydrogen) atoms. The molecule has 0 unspecified atom stereocenters. The van der Waals surface area contributed by atoms with E-state index >= 15 is 0 Å². The van der Waals surface area contributed by atoms with Crippen LogP contribution in [0, 0.1) is 26.6 Å². The monoisotopic (exact) mass is 326 g/mol. The number of carbonyl (C=O) groups is 1. The zero-order chi connectivity index (χ0) is 17.3. The van der Waals surface area contributed by atoms with Gasteiger partial charge in [-0.3, -0.25) is 9.48 Å². The standard InChI is InChI=1S/C18H19FN4O/c1-12-4-7-15(8-17(12)19)21-18(24)11-22-10-16(9-20-22)23-13(2)5-6-14(23)3/h4-10H,11H2,1-3H3,(H,21,24). The van der Waals surface area contributed by atoms with Crippen molar-refractivity contribution in [1.29, 1.82) is 0 Å². The molecule has 1 aromatic carbocycles. The predicted molar refractivity (Wildman–Crippen MR) is 90.8 cm³/mol. The molecule has 1 N–H and O–H groups in total. The molecule has 0 aliphatic carbocycles. The molecule has 0 aliphatic heterocycles. The molecule has 124 valence electrons. The van der Waals surface area contributed by atoms with E-state index in [1.807, 2.05) is 32.2 Å². The Bertz CT molecular complexity index is 875. The molecule has 2 heterocycles. The minimum absolute atomic E-state index is 0.0643. The van der Waals surface area contributed by atoms with Crippen LogP contribution in [0.5, 0.6) is 0 Å². The Hall–Kier alpha value is -2.89. The van der Waals surface area contributed by atoms with Crippen LogP contribution in [0.3, 0.4) is 0 Å². The fourth-order valence-electron chi connectivity index (χ4n) is 2.65. The second kappa shape index (κ2) is 6.31. The van der Waals surface area contributed by atoms with E-state index in [2.05, 4.69) is 15.0 Å². The lowest BCUT2D eigenvalue weighted by Crippen LogP contribution is -2.19. The molecule has 0 radical (unpaired) electrons. The molecular weight excluding hydrogens is 307 g/mol. The van der Waals surface area contributed by atoms with Crippen LogP contribution in [0.2, 0.25) is 0 Å². The van der Waals surface area contributed by atoms with Crippen LogP contribution in [-0.2, 0) is 11.3 Å². The highest BCUT2D eigenvalue weighted by molar-refractivity contribution is 5.90. The highest BCUT2D eigenvalue weighted by Gasteiger charge is 2.09. The Morgan fingerprint density at radius 1 is 1.17 bits per heavy atom. The maximum atomic E-state index is 13.5. The number of nitrogens with one attached hydrogen (secondary N) is 1. The van der Waals surface area contributed by atoms with E-state index in [0.29, 0.717) is 11.3 Å². The van der Waals surface area contributed by atoms with Crippen molar-refractivity contribution < 1.29 is 9.18 Å². The number of hydrogen-bond acceptors (Lipinski definition) is 2. The van der Waals surface area contributed by atoms with Crippen LogP contribution in [0.1, 0.15) is 17.0 Å². The summed E-state index contributed by atoms with van der Waals surface area (Å²) in [5.74, 6) is -0.596. The lowest BCUT2D eigenvalue weighted by Gasteiger charge is -2.07. The minimum atomic E-state index is -0.340. The first-order chi connectivity index (χ1) is 11.4. The van der Waals surface area contributed by atoms with Crippen LogP contribution < -0.4 is 5.32 Å². The first-order valence-electron chi connectivity index (χ1n) is 7.68. The van der Waals surface area contributed by atoms with Gasteiger partial charge in [0.1, 0.15) is 12.4 Å². The molecule has 1 amide bonds. The van der Waals surface area contributed by atoms with E-state index in [1.165, 1.54) is 6.07 Å².